The summed E-state index contributed by atoms with van der Waals surface area (Å²) in [5.41, 5.74) is 3.86. The maximum absolute atomic E-state index is 12.6. The molecule has 0 saturated heterocycles. The van der Waals surface area contributed by atoms with Crippen molar-refractivity contribution in [1.29, 1.82) is 0 Å². The normalized spacial score (nSPS) is 11.2. The van der Waals surface area contributed by atoms with Crippen LogP contribution in [0.2, 0.25) is 0 Å². The first-order chi connectivity index (χ1) is 18.9. The quantitative estimate of drug-likeness (QED) is 0.125. The number of hydrogen-bond donors (Lipinski definition) is 3. The molecule has 0 aliphatic heterocycles. The Labute approximate surface area is 242 Å². The minimum atomic E-state index is -0.193. The number of nitrogens with zero attached hydrogens (tertiary/aromatic N) is 1. The second-order valence-corrected chi connectivity index (χ2v) is 9.17. The SMILES string of the molecule is C=CN=C(C)C(=C\C)/C=C(\C(C)=O)c1ccc(O)cc1O.CCC.CCCNCCC.Cc1ccc(C)c(F)c1. The molecule has 0 aromatic heterocycles. The van der Waals surface area contributed by atoms with Crippen LogP contribution in [0.1, 0.15) is 84.4 Å². The van der Waals surface area contributed by atoms with Gasteiger partial charge in [-0.1, -0.05) is 58.9 Å². The molecule has 40 heavy (non-hydrogen) atoms. The molecule has 0 aliphatic rings. The largest absolute Gasteiger partial charge is 0.508 e. The molecule has 0 heterocycles. The molecule has 3 N–H and O–H groups in total. The summed E-state index contributed by atoms with van der Waals surface area (Å²) in [5.74, 6) is -0.517. The standard InChI is InChI=1S/C17H19NO3.C8H9F.C6H15N.C3H8/c1-5-13(11(3)18-6-2)9-16(12(4)19)15-8-7-14(20)10-17(15)21;1-6-3-4-7(2)8(9)5-6;1-3-5-7-6-4-2;1-3-2/h5-10,20-21H,2H2,1,3-4H3;3-5H,1-2H3;7H,3-6H2,1-2H3;3H2,1-2H3/b13-5-,16-9+,18-11?;;;. The van der Waals surface area contributed by atoms with Crippen LogP contribution < -0.4 is 5.32 Å². The smallest absolute Gasteiger partial charge is 0.160 e. The molecule has 0 amide bonds. The lowest BCUT2D eigenvalue weighted by atomic mass is 9.97. The van der Waals surface area contributed by atoms with E-state index in [0.29, 0.717) is 22.4 Å². The minimum Gasteiger partial charge on any atom is -0.508 e. The lowest BCUT2D eigenvalue weighted by Crippen LogP contribution is -2.14. The highest BCUT2D eigenvalue weighted by molar-refractivity contribution is 6.22. The Balaban J connectivity index is 0. The number of phenolic OH excluding ortho intramolecular Hbond substituents is 2. The van der Waals surface area contributed by atoms with E-state index in [1.807, 2.05) is 32.9 Å². The number of benzene rings is 2. The van der Waals surface area contributed by atoms with Gasteiger partial charge in [-0.25, -0.2) is 4.39 Å². The number of allylic oxidation sites excluding steroid dienone is 4. The van der Waals surface area contributed by atoms with Crippen molar-refractivity contribution in [2.75, 3.05) is 13.1 Å². The molecule has 2 aromatic carbocycles. The average Bonchev–Trinajstić information content (AvgIpc) is 2.89. The average molecular weight is 555 g/mol. The number of aryl methyl sites for hydroxylation is 2. The number of Topliss-reactive ketones (excluding diaryl/α,β-unsaturated/α-hetero) is 1. The van der Waals surface area contributed by atoms with Crippen LogP contribution in [0.3, 0.4) is 0 Å². The summed E-state index contributed by atoms with van der Waals surface area (Å²) in [7, 11) is 0. The highest BCUT2D eigenvalue weighted by Crippen LogP contribution is 2.30. The highest BCUT2D eigenvalue weighted by Gasteiger charge is 2.13. The Morgan fingerprint density at radius 3 is 1.98 bits per heavy atom. The van der Waals surface area contributed by atoms with Crippen LogP contribution in [0, 0.1) is 19.7 Å². The number of carbonyl (C=O) groups excluding carboxylic acids is 1. The molecule has 2 aromatic rings. The van der Waals surface area contributed by atoms with E-state index in [2.05, 4.69) is 44.6 Å². The number of ketones is 1. The molecule has 0 saturated carbocycles. The molecule has 0 aliphatic carbocycles. The predicted octanol–water partition coefficient (Wildman–Crippen LogP) is 8.88. The Bertz CT molecular complexity index is 1110. The third-order valence-electron chi connectivity index (χ3n) is 5.15. The van der Waals surface area contributed by atoms with E-state index in [1.165, 1.54) is 69.7 Å². The van der Waals surface area contributed by atoms with E-state index < -0.39 is 0 Å². The van der Waals surface area contributed by atoms with Crippen molar-refractivity contribution in [3.8, 4) is 11.5 Å². The zero-order chi connectivity index (χ0) is 31.1. The van der Waals surface area contributed by atoms with Gasteiger partial charge in [0, 0.05) is 29.1 Å². The third-order valence-corrected chi connectivity index (χ3v) is 5.15. The van der Waals surface area contributed by atoms with Gasteiger partial charge in [0.1, 0.15) is 17.3 Å². The number of carbonyl (C=O) groups is 1. The van der Waals surface area contributed by atoms with Gasteiger partial charge in [0.15, 0.2) is 5.78 Å². The molecular formula is C34H51FN2O3. The fraction of sp³-hybridized carbons (Fsp3) is 0.412. The van der Waals surface area contributed by atoms with E-state index in [1.54, 1.807) is 19.1 Å². The number of aliphatic imine (C=N–C) groups is 1. The van der Waals surface area contributed by atoms with E-state index in [0.717, 1.165) is 11.1 Å². The van der Waals surface area contributed by atoms with Gasteiger partial charge in [-0.15, -0.1) is 0 Å². The Morgan fingerprint density at radius 1 is 1.00 bits per heavy atom. The molecule has 0 atom stereocenters. The van der Waals surface area contributed by atoms with Gasteiger partial charge in [0.2, 0.25) is 0 Å². The van der Waals surface area contributed by atoms with E-state index in [-0.39, 0.29) is 23.1 Å². The van der Waals surface area contributed by atoms with Crippen LogP contribution in [0.25, 0.3) is 5.57 Å². The van der Waals surface area contributed by atoms with Gasteiger partial charge in [-0.3, -0.25) is 9.79 Å². The van der Waals surface area contributed by atoms with Crippen LogP contribution in [-0.2, 0) is 4.79 Å². The maximum atomic E-state index is 12.6. The number of nitrogens with one attached hydrogen (secondary N) is 1. The minimum absolute atomic E-state index is 0.0604. The lowest BCUT2D eigenvalue weighted by molar-refractivity contribution is -0.111. The molecular weight excluding hydrogens is 503 g/mol. The van der Waals surface area contributed by atoms with Crippen LogP contribution in [-0.4, -0.2) is 34.8 Å². The molecule has 0 spiro atoms. The first-order valence-corrected chi connectivity index (χ1v) is 13.9. The molecule has 0 fully saturated rings. The predicted molar refractivity (Wildman–Crippen MR) is 171 cm³/mol. The fourth-order valence-corrected chi connectivity index (χ4v) is 3.06. The summed E-state index contributed by atoms with van der Waals surface area (Å²) in [4.78, 5) is 16.0. The summed E-state index contributed by atoms with van der Waals surface area (Å²) >= 11 is 0. The van der Waals surface area contributed by atoms with Crippen LogP contribution in [0.4, 0.5) is 4.39 Å². The van der Waals surface area contributed by atoms with Crippen molar-refractivity contribution in [3.63, 3.8) is 0 Å². The van der Waals surface area contributed by atoms with Crippen molar-refractivity contribution in [1.82, 2.24) is 5.32 Å². The monoisotopic (exact) mass is 554 g/mol. The second kappa shape index (κ2) is 23.4. The molecule has 0 bridgehead atoms. The van der Waals surface area contributed by atoms with Crippen LogP contribution in [0.15, 0.2) is 71.9 Å². The van der Waals surface area contributed by atoms with Gasteiger partial charge in [0.25, 0.3) is 0 Å². The summed E-state index contributed by atoms with van der Waals surface area (Å²) in [6, 6.07) is 9.35. The zero-order valence-corrected chi connectivity index (χ0v) is 26.1. The van der Waals surface area contributed by atoms with E-state index in [4.69, 9.17) is 0 Å². The topological polar surface area (TPSA) is 81.9 Å². The number of hydrogen-bond acceptors (Lipinski definition) is 5. The van der Waals surface area contributed by atoms with Crippen molar-refractivity contribution in [2.45, 2.75) is 81.6 Å². The maximum Gasteiger partial charge on any atom is 0.160 e. The van der Waals surface area contributed by atoms with Gasteiger partial charge in [-0.05, 0) is 102 Å². The molecule has 222 valence electrons. The first kappa shape index (κ1) is 38.6. The fourth-order valence-electron chi connectivity index (χ4n) is 3.06. The summed E-state index contributed by atoms with van der Waals surface area (Å²) < 4.78 is 12.6. The summed E-state index contributed by atoms with van der Waals surface area (Å²) in [6.45, 7) is 23.2. The van der Waals surface area contributed by atoms with E-state index in [9.17, 15) is 19.4 Å². The zero-order valence-electron chi connectivity index (χ0n) is 26.1. The first-order valence-electron chi connectivity index (χ1n) is 13.9. The van der Waals surface area contributed by atoms with Crippen molar-refractivity contribution in [3.05, 3.63) is 89.4 Å². The van der Waals surface area contributed by atoms with Gasteiger partial charge < -0.3 is 15.5 Å². The van der Waals surface area contributed by atoms with Crippen molar-refractivity contribution < 1.29 is 19.4 Å². The number of phenols is 2. The Hall–Kier alpha value is -3.51. The molecule has 0 radical (unpaired) electrons. The number of rotatable bonds is 9. The second-order valence-electron chi connectivity index (χ2n) is 9.17. The van der Waals surface area contributed by atoms with Gasteiger partial charge >= 0.3 is 0 Å². The van der Waals surface area contributed by atoms with Crippen molar-refractivity contribution >= 4 is 17.1 Å². The highest BCUT2D eigenvalue weighted by atomic mass is 19.1. The van der Waals surface area contributed by atoms with Crippen LogP contribution >= 0.6 is 0 Å². The number of halogens is 1. The molecule has 6 heteroatoms. The summed E-state index contributed by atoms with van der Waals surface area (Å²) in [5, 5.41) is 22.5. The van der Waals surface area contributed by atoms with Gasteiger partial charge in [-0.2, -0.15) is 0 Å². The summed E-state index contributed by atoms with van der Waals surface area (Å²) in [6.07, 6.45) is 8.66. The lowest BCUT2D eigenvalue weighted by Gasteiger charge is -2.09. The molecule has 5 nitrogen and oxygen atoms in total. The van der Waals surface area contributed by atoms with E-state index >= 15 is 0 Å². The Kier molecular flexibility index (Phi) is 22.6. The van der Waals surface area contributed by atoms with Crippen molar-refractivity contribution in [2.24, 2.45) is 4.99 Å². The van der Waals surface area contributed by atoms with Gasteiger partial charge in [0.05, 0.1) is 0 Å². The van der Waals surface area contributed by atoms with Crippen LogP contribution in [0.5, 0.6) is 11.5 Å². The molecule has 2 rings (SSSR count). The third kappa shape index (κ3) is 17.2. The number of aromatic hydroxyl groups is 2. The molecule has 0 unspecified atom stereocenters. The Morgan fingerprint density at radius 2 is 1.57 bits per heavy atom.